The van der Waals surface area contributed by atoms with Crippen molar-refractivity contribution in [3.8, 4) is 0 Å². The van der Waals surface area contributed by atoms with Gasteiger partial charge in [0, 0.05) is 24.0 Å². The van der Waals surface area contributed by atoms with Crippen molar-refractivity contribution < 1.29 is 28.9 Å². The zero-order valence-electron chi connectivity index (χ0n) is 11.8. The molecule has 0 aromatic heterocycles. The van der Waals surface area contributed by atoms with Crippen molar-refractivity contribution in [2.75, 3.05) is 20.1 Å². The Kier molecular flexibility index (Phi) is 4.95. The van der Waals surface area contributed by atoms with Crippen LogP contribution in [-0.4, -0.2) is 29.7 Å². The lowest BCUT2D eigenvalue weighted by molar-refractivity contribution is -1.92. The number of piperidine rings is 1. The maximum atomic E-state index is 8.60. The lowest BCUT2D eigenvalue weighted by Gasteiger charge is -2.30. The molecule has 5 nitrogen and oxygen atoms in total. The number of nitrogens with zero attached hydrogens (tertiary/aromatic N) is 1. The van der Waals surface area contributed by atoms with E-state index in [1.807, 2.05) is 6.07 Å². The zero-order chi connectivity index (χ0) is 15.8. The third-order valence-electron chi connectivity index (χ3n) is 3.95. The number of rotatable bonds is 0. The summed E-state index contributed by atoms with van der Waals surface area (Å²) in [6.45, 7) is 4.58. The summed E-state index contributed by atoms with van der Waals surface area (Å²) in [5, 5.41) is 0.862. The van der Waals surface area contributed by atoms with Gasteiger partial charge in [-0.05, 0) is 49.2 Å². The van der Waals surface area contributed by atoms with Crippen LogP contribution in [0.1, 0.15) is 30.4 Å². The molecule has 1 atom stereocenters. The van der Waals surface area contributed by atoms with Crippen molar-refractivity contribution in [3.63, 3.8) is 0 Å². The van der Waals surface area contributed by atoms with Crippen LogP contribution >= 0.6 is 11.6 Å². The van der Waals surface area contributed by atoms with E-state index in [2.05, 4.69) is 31.0 Å². The Bertz CT molecular complexity index is 563. The van der Waals surface area contributed by atoms with E-state index in [1.165, 1.54) is 29.7 Å². The Morgan fingerprint density at radius 3 is 2.57 bits per heavy atom. The van der Waals surface area contributed by atoms with E-state index in [9.17, 15) is 0 Å². The normalized spacial score (nSPS) is 21.6. The van der Waals surface area contributed by atoms with Gasteiger partial charge in [0.15, 0.2) is 0 Å². The van der Waals surface area contributed by atoms with Gasteiger partial charge in [0.05, 0.1) is 14.9 Å². The largest absolute Gasteiger partial charge is 0.305 e. The molecule has 7 heteroatoms. The average Bonchev–Trinajstić information content (AvgIpc) is 2.60. The molecule has 1 aromatic carbocycles. The van der Waals surface area contributed by atoms with Crippen LogP contribution in [-0.2, 0) is 0 Å². The molecule has 2 aliphatic rings. The fraction of sp³-hybridized carbons (Fsp3) is 0.429. The highest BCUT2D eigenvalue weighted by Crippen LogP contribution is 2.46. The molecular weight excluding hydrogens is 317 g/mol. The predicted molar refractivity (Wildman–Crippen MR) is 71.1 cm³/mol. The molecule has 1 N–H and O–H groups in total. The zero-order valence-corrected chi connectivity index (χ0v) is 13.3. The van der Waals surface area contributed by atoms with Crippen LogP contribution < -0.4 is 14.0 Å². The fourth-order valence-electron chi connectivity index (χ4n) is 3.07. The van der Waals surface area contributed by atoms with Gasteiger partial charge in [0.1, 0.15) is 0 Å². The highest BCUT2D eigenvalue weighted by Gasteiger charge is 2.32. The topological polar surface area (TPSA) is 92.7 Å². The fourth-order valence-corrected chi connectivity index (χ4v) is 3.25. The highest BCUT2D eigenvalue weighted by atomic mass is 35.7. The molecule has 116 valence electrons. The van der Waals surface area contributed by atoms with Crippen molar-refractivity contribution in [3.05, 3.63) is 39.9 Å². The summed E-state index contributed by atoms with van der Waals surface area (Å²) in [4.78, 5) is 2.41. The van der Waals surface area contributed by atoms with Crippen molar-refractivity contribution in [1.82, 2.24) is 4.90 Å². The van der Waals surface area contributed by atoms with E-state index in [1.54, 1.807) is 5.57 Å². The molecule has 3 rings (SSSR count). The van der Waals surface area contributed by atoms with Crippen molar-refractivity contribution >= 4 is 17.2 Å². The van der Waals surface area contributed by atoms with E-state index >= 15 is 0 Å². The number of likely N-dealkylation sites (tertiary alicyclic amines) is 1. The second-order valence-electron chi connectivity index (χ2n) is 5.34. The lowest BCUT2D eigenvalue weighted by atomic mass is 9.90. The smallest absolute Gasteiger partial charge is 0.0777 e. The molecule has 1 aliphatic carbocycles. The molecule has 1 saturated heterocycles. The molecule has 0 amide bonds. The Morgan fingerprint density at radius 1 is 1.33 bits per heavy atom. The molecule has 1 aliphatic heterocycles. The maximum Gasteiger partial charge on any atom is 0.0777 e. The summed E-state index contributed by atoms with van der Waals surface area (Å²) in [5.41, 5.74) is 5.98. The SMILES string of the molecule is CC1=C2CCN(C)CC2c2cc(Cl)ccc21.[O-][Cl+3]([O-])([O-])O. The molecule has 21 heavy (non-hydrogen) atoms. The predicted octanol–water partition coefficient (Wildman–Crippen LogP) is -0.578. The van der Waals surface area contributed by atoms with Crippen molar-refractivity contribution in [2.45, 2.75) is 19.3 Å². The molecule has 0 saturated carbocycles. The van der Waals surface area contributed by atoms with Gasteiger partial charge >= 0.3 is 0 Å². The standard InChI is InChI=1S/C14H16ClN.ClHO4/c1-9-11-4-3-10(15)7-13(11)14-8-16(2)6-5-12(9)14;2-1(3,4)5/h3-4,7,14H,5-6,8H2,1-2H3;(H,2,3,4,5). The number of fused-ring (bicyclic) bond motifs is 3. The first-order valence-electron chi connectivity index (χ1n) is 6.48. The molecule has 1 fully saturated rings. The van der Waals surface area contributed by atoms with Gasteiger partial charge in [-0.2, -0.15) is 14.0 Å². The summed E-state index contributed by atoms with van der Waals surface area (Å²) in [6.07, 6.45) is 1.21. The molecule has 0 bridgehead atoms. The van der Waals surface area contributed by atoms with E-state index in [0.717, 1.165) is 11.6 Å². The van der Waals surface area contributed by atoms with Gasteiger partial charge in [0.2, 0.25) is 0 Å². The van der Waals surface area contributed by atoms with Crippen LogP contribution in [0.25, 0.3) is 5.57 Å². The lowest BCUT2D eigenvalue weighted by Crippen LogP contribution is -2.58. The first-order chi connectivity index (χ1) is 9.66. The second-order valence-corrected chi connectivity index (χ2v) is 6.57. The number of hydrogen-bond acceptors (Lipinski definition) is 5. The van der Waals surface area contributed by atoms with Gasteiger partial charge < -0.3 is 4.90 Å². The average molecular weight is 334 g/mol. The van der Waals surface area contributed by atoms with Gasteiger partial charge in [-0.1, -0.05) is 23.2 Å². The van der Waals surface area contributed by atoms with Gasteiger partial charge in [0.25, 0.3) is 0 Å². The monoisotopic (exact) mass is 333 g/mol. The Morgan fingerprint density at radius 2 is 1.95 bits per heavy atom. The van der Waals surface area contributed by atoms with Crippen LogP contribution in [0.5, 0.6) is 0 Å². The summed E-state index contributed by atoms with van der Waals surface area (Å²) in [5.74, 6) is 0.590. The quantitative estimate of drug-likeness (QED) is 0.685. The van der Waals surface area contributed by atoms with E-state index < -0.39 is 10.2 Å². The van der Waals surface area contributed by atoms with E-state index in [4.69, 9.17) is 30.2 Å². The summed E-state index contributed by atoms with van der Waals surface area (Å²) in [7, 11) is -2.49. The van der Waals surface area contributed by atoms with Crippen LogP contribution in [0, 0.1) is 10.2 Å². The molecule has 0 radical (unpaired) electrons. The Balaban J connectivity index is 0.000000282. The third-order valence-corrected chi connectivity index (χ3v) is 4.19. The third kappa shape index (κ3) is 4.17. The minimum atomic E-state index is -4.69. The van der Waals surface area contributed by atoms with Gasteiger partial charge in [-0.3, -0.25) is 0 Å². The summed E-state index contributed by atoms with van der Waals surface area (Å²) < 4.78 is 32.7. The molecule has 1 aromatic rings. The van der Waals surface area contributed by atoms with E-state index in [-0.39, 0.29) is 0 Å². The van der Waals surface area contributed by atoms with E-state index in [0.29, 0.717) is 5.92 Å². The first kappa shape index (κ1) is 16.7. The maximum absolute atomic E-state index is 8.60. The highest BCUT2D eigenvalue weighted by molar-refractivity contribution is 6.30. The number of halogens is 2. The molecule has 0 spiro atoms. The summed E-state index contributed by atoms with van der Waals surface area (Å²) in [6, 6.07) is 6.33. The van der Waals surface area contributed by atoms with Crippen LogP contribution in [0.3, 0.4) is 0 Å². The molecular formula is C14H17Cl2NO4. The first-order valence-corrected chi connectivity index (χ1v) is 8.12. The van der Waals surface area contributed by atoms with Crippen molar-refractivity contribution in [2.24, 2.45) is 0 Å². The van der Waals surface area contributed by atoms with Crippen LogP contribution in [0.15, 0.2) is 23.8 Å². The summed E-state index contributed by atoms with van der Waals surface area (Å²) >= 11 is 6.11. The number of benzene rings is 1. The Hall–Kier alpha value is -0.660. The van der Waals surface area contributed by atoms with Crippen LogP contribution in [0.2, 0.25) is 5.02 Å². The van der Waals surface area contributed by atoms with Crippen molar-refractivity contribution in [1.29, 1.82) is 0 Å². The minimum Gasteiger partial charge on any atom is -0.305 e. The minimum absolute atomic E-state index is 0.590. The Labute approximate surface area is 130 Å². The molecule has 1 unspecified atom stereocenters. The number of likely N-dealkylation sites (N-methyl/N-ethyl adjacent to an activating group) is 1. The number of allylic oxidation sites excluding steroid dienone is 1. The molecule has 1 heterocycles. The van der Waals surface area contributed by atoms with Gasteiger partial charge in [-0.25, -0.2) is 0 Å². The van der Waals surface area contributed by atoms with Gasteiger partial charge in [-0.15, -0.1) is 0 Å². The number of hydrogen-bond donors (Lipinski definition) is 1. The van der Waals surface area contributed by atoms with Crippen LogP contribution in [0.4, 0.5) is 0 Å². The second kappa shape index (κ2) is 6.22.